The molecule has 0 aromatic heterocycles. The number of nitrogens with one attached hydrogen (secondary N) is 1. The van der Waals surface area contributed by atoms with Gasteiger partial charge in [0.2, 0.25) is 5.69 Å². The third kappa shape index (κ3) is 10.4. The molecule has 1 aliphatic carbocycles. The molecule has 0 saturated carbocycles. The number of unbranched alkanes of at least 4 members (excludes halogenated alkanes) is 2. The highest BCUT2D eigenvalue weighted by Gasteiger charge is 2.44. The molecule has 0 saturated heterocycles. The number of nitrogens with zero attached hydrogens (tertiary/aromatic N) is 2. The normalized spacial score (nSPS) is 19.5. The zero-order valence-electron chi connectivity index (χ0n) is 32.4. The van der Waals surface area contributed by atoms with Crippen LogP contribution in [0.5, 0.6) is 0 Å². The van der Waals surface area contributed by atoms with Crippen LogP contribution in [0.2, 0.25) is 0 Å². The third-order valence-electron chi connectivity index (χ3n) is 11.0. The minimum Gasteiger partial charge on any atom is -0.481 e. The molecule has 2 aliphatic heterocycles. The summed E-state index contributed by atoms with van der Waals surface area (Å²) in [4.78, 5) is 13.6. The fourth-order valence-corrected chi connectivity index (χ4v) is 9.31. The van der Waals surface area contributed by atoms with Gasteiger partial charge >= 0.3 is 5.97 Å². The Hall–Kier alpha value is -4.04. The lowest BCUT2D eigenvalue weighted by atomic mass is 9.81. The third-order valence-corrected chi connectivity index (χ3v) is 12.6. The first-order valence-corrected chi connectivity index (χ1v) is 22.4. The van der Waals surface area contributed by atoms with Crippen LogP contribution < -0.4 is 10.2 Å². The van der Waals surface area contributed by atoms with Crippen LogP contribution >= 0.6 is 0 Å². The maximum absolute atomic E-state index is 11.4. The quantitative estimate of drug-likeness (QED) is 0.0677. The predicted molar refractivity (Wildman–Crippen MR) is 218 cm³/mol. The lowest BCUT2D eigenvalue weighted by Gasteiger charge is -2.28. The fraction of sp³-hybridized carbons (Fsp3) is 0.476. The second-order valence-corrected chi connectivity index (χ2v) is 18.9. The first-order chi connectivity index (χ1) is 25.9. The molecule has 0 radical (unpaired) electrons. The van der Waals surface area contributed by atoms with E-state index in [-0.39, 0.29) is 28.8 Å². The van der Waals surface area contributed by atoms with Gasteiger partial charge in [-0.25, -0.2) is 0 Å². The van der Waals surface area contributed by atoms with Gasteiger partial charge in [-0.3, -0.25) is 13.9 Å². The highest BCUT2D eigenvalue weighted by atomic mass is 32.2. The Labute approximate surface area is 326 Å². The number of hydrogen-bond donors (Lipinski definition) is 4. The van der Waals surface area contributed by atoms with Crippen molar-refractivity contribution in [1.82, 2.24) is 5.32 Å². The van der Waals surface area contributed by atoms with Crippen molar-refractivity contribution >= 4 is 43.3 Å². The molecular formula is C42H56N3O8S2+. The summed E-state index contributed by atoms with van der Waals surface area (Å²) < 4.78 is 66.5. The summed E-state index contributed by atoms with van der Waals surface area (Å²) in [5.74, 6) is -1.39. The summed E-state index contributed by atoms with van der Waals surface area (Å²) in [6.45, 7) is 10.5. The van der Waals surface area contributed by atoms with Crippen LogP contribution in [0.3, 0.4) is 0 Å². The number of aliphatic carboxylic acids is 1. The van der Waals surface area contributed by atoms with E-state index in [1.807, 2.05) is 24.3 Å². The van der Waals surface area contributed by atoms with E-state index in [4.69, 9.17) is 0 Å². The van der Waals surface area contributed by atoms with Crippen molar-refractivity contribution in [3.05, 3.63) is 107 Å². The second-order valence-electron chi connectivity index (χ2n) is 15.7. The molecule has 0 bridgehead atoms. The van der Waals surface area contributed by atoms with Gasteiger partial charge in [-0.2, -0.15) is 21.4 Å². The summed E-state index contributed by atoms with van der Waals surface area (Å²) in [5.41, 5.74) is 9.30. The van der Waals surface area contributed by atoms with Crippen molar-refractivity contribution < 1.29 is 40.4 Å². The topological polar surface area (TPSA) is 164 Å². The largest absolute Gasteiger partial charge is 0.481 e. The molecular weight excluding hydrogens is 739 g/mol. The predicted octanol–water partition coefficient (Wildman–Crippen LogP) is 7.46. The highest BCUT2D eigenvalue weighted by molar-refractivity contribution is 7.86. The van der Waals surface area contributed by atoms with Crippen molar-refractivity contribution in [3.63, 3.8) is 0 Å². The van der Waals surface area contributed by atoms with E-state index < -0.39 is 26.2 Å². The number of benzene rings is 2. The number of fused-ring (bicyclic) bond motifs is 2. The molecule has 0 spiro atoms. The number of carboxylic acid groups (broad SMARTS) is 1. The number of anilines is 1. The minimum atomic E-state index is -4.04. The van der Waals surface area contributed by atoms with Gasteiger partial charge in [-0.15, -0.1) is 0 Å². The van der Waals surface area contributed by atoms with E-state index in [2.05, 4.69) is 91.1 Å². The number of hydrogen-bond acceptors (Lipinski definition) is 7. The molecule has 3 aliphatic rings. The number of para-hydroxylation sites is 2. The van der Waals surface area contributed by atoms with Gasteiger partial charge in [-0.05, 0) is 87.6 Å². The van der Waals surface area contributed by atoms with E-state index >= 15 is 0 Å². The molecule has 2 aromatic rings. The maximum Gasteiger partial charge on any atom is 0.303 e. The molecule has 0 fully saturated rings. The van der Waals surface area contributed by atoms with Gasteiger partial charge in [0, 0.05) is 66.1 Å². The molecule has 0 atom stereocenters. The van der Waals surface area contributed by atoms with Gasteiger partial charge in [0.05, 0.1) is 16.9 Å². The fourth-order valence-electron chi connectivity index (χ4n) is 8.17. The van der Waals surface area contributed by atoms with Crippen molar-refractivity contribution in [2.24, 2.45) is 0 Å². The van der Waals surface area contributed by atoms with Crippen LogP contribution in [0.4, 0.5) is 11.4 Å². The highest BCUT2D eigenvalue weighted by Crippen LogP contribution is 2.48. The van der Waals surface area contributed by atoms with Crippen LogP contribution in [0.1, 0.15) is 96.6 Å². The van der Waals surface area contributed by atoms with E-state index in [0.29, 0.717) is 51.7 Å². The number of rotatable bonds is 18. The van der Waals surface area contributed by atoms with E-state index in [9.17, 15) is 35.8 Å². The second kappa shape index (κ2) is 17.4. The SMILES string of the molecule is CC1(C)C(/C=C/C2=C(NCCCC(=O)O)C(=C/C=C3/N(CCCCS(=O)(=O)O)c4ccccc4C3(C)C)/CCC2)=[N+](CCCCS(=O)(=O)O)c2ccccc21. The Kier molecular flexibility index (Phi) is 13.3. The standard InChI is InChI=1S/C42H55N3O8S2/c1-41(2)33-17-5-7-19-35(33)44(27-9-11-29-54(48,49)50)37(41)24-22-31-15-13-16-32(40(31)43-26-14-21-39(46)47)23-25-38-42(3,4)34-18-6-8-20-36(34)45(38)28-10-12-30-55(51,52)53/h5-8,17-20,22-25H,9-16,21,26-30H2,1-4H3,(H3,46,47,48,49,50,51,52,53)/p+1/b31-22+,37-24+. The Bertz CT molecular complexity index is 2140. The Balaban J connectivity index is 1.52. The van der Waals surface area contributed by atoms with Gasteiger partial charge in [-0.1, -0.05) is 62.4 Å². The smallest absolute Gasteiger partial charge is 0.303 e. The van der Waals surface area contributed by atoms with E-state index in [1.54, 1.807) is 0 Å². The van der Waals surface area contributed by atoms with Crippen LogP contribution in [-0.2, 0) is 35.9 Å². The summed E-state index contributed by atoms with van der Waals surface area (Å²) >= 11 is 0. The lowest BCUT2D eigenvalue weighted by molar-refractivity contribution is -0.438. The summed E-state index contributed by atoms with van der Waals surface area (Å²) in [6.07, 6.45) is 13.7. The monoisotopic (exact) mass is 794 g/mol. The van der Waals surface area contributed by atoms with Crippen LogP contribution in [0.25, 0.3) is 0 Å². The number of carboxylic acids is 1. The zero-order chi connectivity index (χ0) is 40.0. The van der Waals surface area contributed by atoms with E-state index in [0.717, 1.165) is 58.9 Å². The summed E-state index contributed by atoms with van der Waals surface area (Å²) in [5, 5.41) is 12.9. The van der Waals surface area contributed by atoms with Crippen molar-refractivity contribution in [2.45, 2.75) is 96.3 Å². The summed E-state index contributed by atoms with van der Waals surface area (Å²) in [6, 6.07) is 16.5. The number of carbonyl (C=O) groups is 1. The molecule has 2 heterocycles. The molecule has 4 N–H and O–H groups in total. The lowest BCUT2D eigenvalue weighted by Crippen LogP contribution is -2.28. The molecule has 13 heteroatoms. The average Bonchev–Trinajstić information content (AvgIpc) is 3.46. The molecule has 298 valence electrons. The van der Waals surface area contributed by atoms with Gasteiger partial charge in [0.1, 0.15) is 6.54 Å². The van der Waals surface area contributed by atoms with Crippen LogP contribution in [0, 0.1) is 0 Å². The average molecular weight is 795 g/mol. The molecule has 5 rings (SSSR count). The van der Waals surface area contributed by atoms with Crippen molar-refractivity contribution in [2.75, 3.05) is 36.0 Å². The maximum atomic E-state index is 11.4. The summed E-state index contributed by atoms with van der Waals surface area (Å²) in [7, 11) is -8.07. The number of allylic oxidation sites excluding steroid dienone is 7. The van der Waals surface area contributed by atoms with Crippen LogP contribution in [-0.4, -0.2) is 78.4 Å². The molecule has 11 nitrogen and oxygen atoms in total. The molecule has 0 unspecified atom stereocenters. The molecule has 2 aromatic carbocycles. The minimum absolute atomic E-state index is 0.0600. The van der Waals surface area contributed by atoms with Crippen molar-refractivity contribution in [1.29, 1.82) is 0 Å². The Morgan fingerprint density at radius 2 is 1.47 bits per heavy atom. The molecule has 0 amide bonds. The van der Waals surface area contributed by atoms with Crippen LogP contribution in [0.15, 0.2) is 95.4 Å². The van der Waals surface area contributed by atoms with Gasteiger partial charge < -0.3 is 15.3 Å². The Morgan fingerprint density at radius 3 is 2.16 bits per heavy atom. The van der Waals surface area contributed by atoms with Gasteiger partial charge in [0.25, 0.3) is 20.2 Å². The van der Waals surface area contributed by atoms with E-state index in [1.165, 1.54) is 11.1 Å². The van der Waals surface area contributed by atoms with Crippen molar-refractivity contribution in [3.8, 4) is 0 Å². The Morgan fingerprint density at radius 1 is 0.818 bits per heavy atom. The molecule has 55 heavy (non-hydrogen) atoms. The first-order valence-electron chi connectivity index (χ1n) is 19.2. The zero-order valence-corrected chi connectivity index (χ0v) is 34.1. The van der Waals surface area contributed by atoms with Gasteiger partial charge in [0.15, 0.2) is 5.71 Å². The first kappa shape index (κ1) is 42.1.